The van der Waals surface area contributed by atoms with Crippen molar-refractivity contribution in [2.45, 2.75) is 38.2 Å². The lowest BCUT2D eigenvalue weighted by atomic mass is 10.2. The van der Waals surface area contributed by atoms with Crippen LogP contribution in [-0.2, 0) is 10.5 Å². The monoisotopic (exact) mass is 360 g/mol. The Morgan fingerprint density at radius 3 is 2.64 bits per heavy atom. The van der Waals surface area contributed by atoms with Gasteiger partial charge in [0.25, 0.3) is 0 Å². The molecule has 0 radical (unpaired) electrons. The van der Waals surface area contributed by atoms with Crippen LogP contribution in [0.2, 0.25) is 0 Å². The normalized spacial score (nSPS) is 11.8. The molecule has 0 bridgehead atoms. The second-order valence-corrected chi connectivity index (χ2v) is 7.00. The van der Waals surface area contributed by atoms with Gasteiger partial charge in [-0.3, -0.25) is 4.79 Å². The Hall–Kier alpha value is -2.35. The predicted octanol–water partition coefficient (Wildman–Crippen LogP) is 2.65. The minimum atomic E-state index is -0.182. The molecule has 1 atom stereocenters. The van der Waals surface area contributed by atoms with Gasteiger partial charge in [-0.1, -0.05) is 24.6 Å². The average Bonchev–Trinajstić information content (AvgIpc) is 2.59. The van der Waals surface area contributed by atoms with E-state index in [0.717, 1.165) is 12.1 Å². The summed E-state index contributed by atoms with van der Waals surface area (Å²) in [5, 5.41) is 5.82. The smallest absolute Gasteiger partial charge is 0.232 e. The molecule has 134 valence electrons. The standard InChI is InChI=1S/C17H24N6OS/c1-4-9-19-15(24)12(3)25-10-14-21-16(18)23-17(22-14)20-13-7-5-11(2)6-8-13/h5-8,12H,4,9-10H2,1-3H3,(H,19,24)(H3,18,20,21,22,23)/t12-/m1/s1. The summed E-state index contributed by atoms with van der Waals surface area (Å²) in [6.07, 6.45) is 0.918. The van der Waals surface area contributed by atoms with Crippen molar-refractivity contribution >= 4 is 35.3 Å². The first kappa shape index (κ1) is 19.0. The van der Waals surface area contributed by atoms with Crippen LogP contribution in [0.5, 0.6) is 0 Å². The Kier molecular flexibility index (Phi) is 7.00. The van der Waals surface area contributed by atoms with Gasteiger partial charge < -0.3 is 16.4 Å². The second kappa shape index (κ2) is 9.22. The minimum absolute atomic E-state index is 0.0203. The number of carbonyl (C=O) groups excluding carboxylic acids is 1. The first-order chi connectivity index (χ1) is 12.0. The van der Waals surface area contributed by atoms with E-state index in [2.05, 4.69) is 25.6 Å². The van der Waals surface area contributed by atoms with Crippen LogP contribution in [0.3, 0.4) is 0 Å². The van der Waals surface area contributed by atoms with Gasteiger partial charge in [0.05, 0.1) is 11.0 Å². The Balaban J connectivity index is 1.98. The molecule has 0 spiro atoms. The number of nitrogens with one attached hydrogen (secondary N) is 2. The summed E-state index contributed by atoms with van der Waals surface area (Å²) in [6.45, 7) is 6.60. The topological polar surface area (TPSA) is 106 Å². The number of nitrogens with zero attached hydrogens (tertiary/aromatic N) is 3. The third-order valence-corrected chi connectivity index (χ3v) is 4.53. The lowest BCUT2D eigenvalue weighted by molar-refractivity contribution is -0.120. The molecule has 1 aromatic carbocycles. The molecular formula is C17H24N6OS. The van der Waals surface area contributed by atoms with E-state index >= 15 is 0 Å². The Labute approximate surface area is 152 Å². The Morgan fingerprint density at radius 1 is 1.24 bits per heavy atom. The Morgan fingerprint density at radius 2 is 1.96 bits per heavy atom. The first-order valence-electron chi connectivity index (χ1n) is 8.21. The van der Waals surface area contributed by atoms with Gasteiger partial charge in [0, 0.05) is 12.2 Å². The number of benzene rings is 1. The molecule has 0 aliphatic rings. The molecule has 0 unspecified atom stereocenters. The summed E-state index contributed by atoms with van der Waals surface area (Å²) < 4.78 is 0. The predicted molar refractivity (Wildman–Crippen MR) is 103 cm³/mol. The van der Waals surface area contributed by atoms with Crippen LogP contribution in [-0.4, -0.2) is 32.7 Å². The summed E-state index contributed by atoms with van der Waals surface area (Å²) in [7, 11) is 0. The van der Waals surface area contributed by atoms with Crippen LogP contribution in [0.1, 0.15) is 31.7 Å². The maximum atomic E-state index is 11.9. The molecular weight excluding hydrogens is 336 g/mol. The number of hydrogen-bond acceptors (Lipinski definition) is 7. The molecule has 1 amide bonds. The van der Waals surface area contributed by atoms with Crippen molar-refractivity contribution in [1.29, 1.82) is 0 Å². The number of anilines is 3. The van der Waals surface area contributed by atoms with Crippen molar-refractivity contribution in [3.63, 3.8) is 0 Å². The van der Waals surface area contributed by atoms with Gasteiger partial charge in [-0.25, -0.2) is 0 Å². The van der Waals surface area contributed by atoms with Crippen LogP contribution in [0.25, 0.3) is 0 Å². The maximum Gasteiger partial charge on any atom is 0.232 e. The zero-order chi connectivity index (χ0) is 18.2. The first-order valence-corrected chi connectivity index (χ1v) is 9.26. The van der Waals surface area contributed by atoms with E-state index in [1.54, 1.807) is 0 Å². The average molecular weight is 360 g/mol. The molecule has 0 aliphatic heterocycles. The van der Waals surface area contributed by atoms with Crippen LogP contribution in [0.4, 0.5) is 17.6 Å². The highest BCUT2D eigenvalue weighted by molar-refractivity contribution is 7.99. The highest BCUT2D eigenvalue weighted by Gasteiger charge is 2.14. The fraction of sp³-hybridized carbons (Fsp3) is 0.412. The van der Waals surface area contributed by atoms with E-state index in [1.807, 2.05) is 45.0 Å². The minimum Gasteiger partial charge on any atom is -0.368 e. The van der Waals surface area contributed by atoms with Crippen molar-refractivity contribution in [2.75, 3.05) is 17.6 Å². The third-order valence-electron chi connectivity index (χ3n) is 3.39. The highest BCUT2D eigenvalue weighted by atomic mass is 32.2. The number of hydrogen-bond donors (Lipinski definition) is 3. The molecule has 8 heteroatoms. The fourth-order valence-corrected chi connectivity index (χ4v) is 2.75. The van der Waals surface area contributed by atoms with E-state index in [-0.39, 0.29) is 17.1 Å². The molecule has 0 aliphatic carbocycles. The zero-order valence-electron chi connectivity index (χ0n) is 14.7. The van der Waals surface area contributed by atoms with Gasteiger partial charge in [-0.15, -0.1) is 11.8 Å². The van der Waals surface area contributed by atoms with Crippen molar-refractivity contribution in [2.24, 2.45) is 0 Å². The van der Waals surface area contributed by atoms with Gasteiger partial charge in [-0.2, -0.15) is 15.0 Å². The van der Waals surface area contributed by atoms with Crippen LogP contribution in [0, 0.1) is 6.92 Å². The molecule has 25 heavy (non-hydrogen) atoms. The van der Waals surface area contributed by atoms with Crippen LogP contribution < -0.4 is 16.4 Å². The number of nitrogen functional groups attached to an aromatic ring is 1. The number of thioether (sulfide) groups is 1. The Bertz CT molecular complexity index is 707. The number of amides is 1. The van der Waals surface area contributed by atoms with Gasteiger partial charge in [-0.05, 0) is 32.4 Å². The largest absolute Gasteiger partial charge is 0.368 e. The molecule has 4 N–H and O–H groups in total. The van der Waals surface area contributed by atoms with E-state index in [9.17, 15) is 4.79 Å². The van der Waals surface area contributed by atoms with Crippen molar-refractivity contribution < 1.29 is 4.79 Å². The number of aryl methyl sites for hydroxylation is 1. The summed E-state index contributed by atoms with van der Waals surface area (Å²) in [6, 6.07) is 7.90. The summed E-state index contributed by atoms with van der Waals surface area (Å²) in [4.78, 5) is 24.5. The quantitative estimate of drug-likeness (QED) is 0.664. The second-order valence-electron chi connectivity index (χ2n) is 5.67. The SMILES string of the molecule is CCCNC(=O)[C@@H](C)SCc1nc(N)nc(Nc2ccc(C)cc2)n1. The van der Waals surface area contributed by atoms with Gasteiger partial charge in [0.2, 0.25) is 17.8 Å². The molecule has 1 aromatic heterocycles. The van der Waals surface area contributed by atoms with Gasteiger partial charge in [0.15, 0.2) is 0 Å². The third kappa shape index (κ3) is 6.22. The fourth-order valence-electron chi connectivity index (χ4n) is 1.99. The zero-order valence-corrected chi connectivity index (χ0v) is 15.6. The molecule has 2 rings (SSSR count). The number of rotatable bonds is 8. The summed E-state index contributed by atoms with van der Waals surface area (Å²) >= 11 is 1.47. The maximum absolute atomic E-state index is 11.9. The van der Waals surface area contributed by atoms with Gasteiger partial charge >= 0.3 is 0 Å². The van der Waals surface area contributed by atoms with Crippen LogP contribution in [0.15, 0.2) is 24.3 Å². The molecule has 0 saturated heterocycles. The van der Waals surface area contributed by atoms with Crippen molar-refractivity contribution in [3.8, 4) is 0 Å². The van der Waals surface area contributed by atoms with Crippen LogP contribution >= 0.6 is 11.8 Å². The molecule has 7 nitrogen and oxygen atoms in total. The van der Waals surface area contributed by atoms with E-state index in [1.165, 1.54) is 17.3 Å². The number of carbonyl (C=O) groups is 1. The highest BCUT2D eigenvalue weighted by Crippen LogP contribution is 2.18. The van der Waals surface area contributed by atoms with E-state index in [4.69, 9.17) is 5.73 Å². The molecule has 2 aromatic rings. The van der Waals surface area contributed by atoms with E-state index < -0.39 is 0 Å². The van der Waals surface area contributed by atoms with E-state index in [0.29, 0.717) is 24.1 Å². The summed E-state index contributed by atoms with van der Waals surface area (Å²) in [5.41, 5.74) is 7.83. The van der Waals surface area contributed by atoms with Gasteiger partial charge in [0.1, 0.15) is 5.82 Å². The van der Waals surface area contributed by atoms with Crippen molar-refractivity contribution in [1.82, 2.24) is 20.3 Å². The molecule has 0 saturated carbocycles. The lowest BCUT2D eigenvalue weighted by Gasteiger charge is -2.11. The summed E-state index contributed by atoms with van der Waals surface area (Å²) in [5.74, 6) is 1.60. The number of nitrogens with two attached hydrogens (primary N) is 1. The number of aromatic nitrogens is 3. The molecule has 1 heterocycles. The van der Waals surface area contributed by atoms with Crippen molar-refractivity contribution in [3.05, 3.63) is 35.7 Å². The lowest BCUT2D eigenvalue weighted by Crippen LogP contribution is -2.31. The molecule has 0 fully saturated rings.